The molecule has 2 rings (SSSR count). The van der Waals surface area contributed by atoms with Crippen molar-refractivity contribution in [2.45, 2.75) is 4.90 Å². The van der Waals surface area contributed by atoms with Gasteiger partial charge in [0.25, 0.3) is 10.0 Å². The summed E-state index contributed by atoms with van der Waals surface area (Å²) in [7, 11) is -3.77. The standard InChI is InChI=1S/C13H9BrClNO4S/c14-11-7-8(13(17)18)1-6-12(11)16-21(19,20)10-4-2-9(15)3-5-10/h1-7,16H,(H,17,18). The number of nitrogens with one attached hydrogen (secondary N) is 1. The Hall–Kier alpha value is -1.57. The van der Waals surface area contributed by atoms with Crippen molar-refractivity contribution in [1.29, 1.82) is 0 Å². The molecular formula is C13H9BrClNO4S. The molecular weight excluding hydrogens is 382 g/mol. The molecule has 0 radical (unpaired) electrons. The zero-order valence-corrected chi connectivity index (χ0v) is 13.5. The van der Waals surface area contributed by atoms with Crippen LogP contribution in [0.5, 0.6) is 0 Å². The molecule has 0 aromatic heterocycles. The summed E-state index contributed by atoms with van der Waals surface area (Å²) in [5.74, 6) is -1.09. The highest BCUT2D eigenvalue weighted by molar-refractivity contribution is 9.10. The molecule has 0 aliphatic heterocycles. The molecule has 0 fully saturated rings. The number of carboxylic acid groups (broad SMARTS) is 1. The zero-order valence-electron chi connectivity index (χ0n) is 10.4. The van der Waals surface area contributed by atoms with Gasteiger partial charge in [-0.1, -0.05) is 11.6 Å². The maximum Gasteiger partial charge on any atom is 0.335 e. The van der Waals surface area contributed by atoms with E-state index in [1.54, 1.807) is 0 Å². The maximum absolute atomic E-state index is 12.2. The topological polar surface area (TPSA) is 83.5 Å². The van der Waals surface area contributed by atoms with Crippen LogP contribution in [0.1, 0.15) is 10.4 Å². The van der Waals surface area contributed by atoms with Gasteiger partial charge in [-0.2, -0.15) is 0 Å². The lowest BCUT2D eigenvalue weighted by Gasteiger charge is -2.10. The third kappa shape index (κ3) is 3.75. The lowest BCUT2D eigenvalue weighted by Crippen LogP contribution is -2.13. The Kier molecular flexibility index (Phi) is 4.55. The molecule has 0 saturated carbocycles. The van der Waals surface area contributed by atoms with E-state index >= 15 is 0 Å². The number of hydrogen-bond acceptors (Lipinski definition) is 3. The molecule has 5 nitrogen and oxygen atoms in total. The van der Waals surface area contributed by atoms with E-state index in [1.165, 1.54) is 42.5 Å². The van der Waals surface area contributed by atoms with Crippen LogP contribution < -0.4 is 4.72 Å². The minimum absolute atomic E-state index is 0.0521. The molecule has 0 aliphatic rings. The summed E-state index contributed by atoms with van der Waals surface area (Å²) in [5.41, 5.74) is 0.297. The first kappa shape index (κ1) is 15.8. The van der Waals surface area contributed by atoms with Gasteiger partial charge < -0.3 is 5.11 Å². The van der Waals surface area contributed by atoms with E-state index in [0.717, 1.165) is 0 Å². The van der Waals surface area contributed by atoms with Crippen molar-refractivity contribution in [3.8, 4) is 0 Å². The van der Waals surface area contributed by atoms with Crippen LogP contribution >= 0.6 is 27.5 Å². The molecule has 2 N–H and O–H groups in total. The molecule has 8 heteroatoms. The van der Waals surface area contributed by atoms with Gasteiger partial charge in [0.1, 0.15) is 0 Å². The monoisotopic (exact) mass is 389 g/mol. The number of benzene rings is 2. The van der Waals surface area contributed by atoms with Crippen LogP contribution in [0.15, 0.2) is 51.8 Å². The van der Waals surface area contributed by atoms with Crippen LogP contribution in [0, 0.1) is 0 Å². The highest BCUT2D eigenvalue weighted by atomic mass is 79.9. The quantitative estimate of drug-likeness (QED) is 0.835. The third-order valence-electron chi connectivity index (χ3n) is 2.58. The number of anilines is 1. The summed E-state index contributed by atoms with van der Waals surface area (Å²) >= 11 is 8.86. The molecule has 2 aromatic rings. The third-order valence-corrected chi connectivity index (χ3v) is 4.87. The maximum atomic E-state index is 12.2. The van der Waals surface area contributed by atoms with Gasteiger partial charge in [0.2, 0.25) is 0 Å². The SMILES string of the molecule is O=C(O)c1ccc(NS(=O)(=O)c2ccc(Cl)cc2)c(Br)c1. The van der Waals surface area contributed by atoms with Crippen LogP contribution in [0.3, 0.4) is 0 Å². The highest BCUT2D eigenvalue weighted by Crippen LogP contribution is 2.26. The van der Waals surface area contributed by atoms with Crippen LogP contribution in [-0.4, -0.2) is 19.5 Å². The molecule has 0 amide bonds. The van der Waals surface area contributed by atoms with Crippen molar-refractivity contribution in [1.82, 2.24) is 0 Å². The van der Waals surface area contributed by atoms with E-state index in [2.05, 4.69) is 20.7 Å². The number of rotatable bonds is 4. The number of carbonyl (C=O) groups is 1. The zero-order chi connectivity index (χ0) is 15.6. The van der Waals surface area contributed by atoms with Crippen molar-refractivity contribution in [3.05, 3.63) is 57.5 Å². The normalized spacial score (nSPS) is 11.1. The lowest BCUT2D eigenvalue weighted by atomic mass is 10.2. The number of halogens is 2. The number of aromatic carboxylic acids is 1. The summed E-state index contributed by atoms with van der Waals surface area (Å²) in [6.07, 6.45) is 0. The van der Waals surface area contributed by atoms with Crippen molar-refractivity contribution >= 4 is 49.2 Å². The van der Waals surface area contributed by atoms with Gasteiger partial charge in [-0.25, -0.2) is 13.2 Å². The Balaban J connectivity index is 2.32. The smallest absolute Gasteiger partial charge is 0.335 e. The first-order chi connectivity index (χ1) is 9.79. The second-order valence-electron chi connectivity index (χ2n) is 4.06. The predicted molar refractivity (Wildman–Crippen MR) is 83.4 cm³/mol. The van der Waals surface area contributed by atoms with Crippen LogP contribution in [-0.2, 0) is 10.0 Å². The molecule has 0 unspecified atom stereocenters. The fourth-order valence-corrected chi connectivity index (χ4v) is 3.36. The van der Waals surface area contributed by atoms with Crippen molar-refractivity contribution < 1.29 is 18.3 Å². The molecule has 0 heterocycles. The van der Waals surface area contributed by atoms with Gasteiger partial charge in [-0.3, -0.25) is 4.72 Å². The van der Waals surface area contributed by atoms with Crippen molar-refractivity contribution in [2.75, 3.05) is 4.72 Å². The van der Waals surface area contributed by atoms with Crippen LogP contribution in [0.2, 0.25) is 5.02 Å². The van der Waals surface area contributed by atoms with Gasteiger partial charge in [0, 0.05) is 9.50 Å². The molecule has 0 aliphatic carbocycles. The number of sulfonamides is 1. The summed E-state index contributed by atoms with van der Waals surface area (Å²) in [6.45, 7) is 0. The minimum atomic E-state index is -3.77. The largest absolute Gasteiger partial charge is 0.478 e. The van der Waals surface area contributed by atoms with E-state index in [4.69, 9.17) is 16.7 Å². The van der Waals surface area contributed by atoms with E-state index in [-0.39, 0.29) is 16.1 Å². The lowest BCUT2D eigenvalue weighted by molar-refractivity contribution is 0.0697. The molecule has 0 spiro atoms. The van der Waals surface area contributed by atoms with E-state index in [9.17, 15) is 13.2 Å². The van der Waals surface area contributed by atoms with Crippen molar-refractivity contribution in [3.63, 3.8) is 0 Å². The first-order valence-electron chi connectivity index (χ1n) is 5.61. The summed E-state index contributed by atoms with van der Waals surface area (Å²) < 4.78 is 27.1. The molecule has 2 aromatic carbocycles. The Morgan fingerprint density at radius 3 is 2.29 bits per heavy atom. The Morgan fingerprint density at radius 1 is 1.14 bits per heavy atom. The molecule has 21 heavy (non-hydrogen) atoms. The van der Waals surface area contributed by atoms with Crippen LogP contribution in [0.25, 0.3) is 0 Å². The van der Waals surface area contributed by atoms with Gasteiger partial charge in [-0.05, 0) is 58.4 Å². The van der Waals surface area contributed by atoms with Gasteiger partial charge >= 0.3 is 5.97 Å². The highest BCUT2D eigenvalue weighted by Gasteiger charge is 2.16. The summed E-state index contributed by atoms with van der Waals surface area (Å²) in [4.78, 5) is 10.9. The van der Waals surface area contributed by atoms with Gasteiger partial charge in [-0.15, -0.1) is 0 Å². The minimum Gasteiger partial charge on any atom is -0.478 e. The Labute approximate surface area is 134 Å². The van der Waals surface area contributed by atoms with Gasteiger partial charge in [0.05, 0.1) is 16.1 Å². The molecule has 0 bridgehead atoms. The Morgan fingerprint density at radius 2 is 1.76 bits per heavy atom. The fraction of sp³-hybridized carbons (Fsp3) is 0. The molecule has 110 valence electrons. The molecule has 0 saturated heterocycles. The average molecular weight is 391 g/mol. The fourth-order valence-electron chi connectivity index (χ4n) is 1.55. The first-order valence-corrected chi connectivity index (χ1v) is 8.26. The number of hydrogen-bond donors (Lipinski definition) is 2. The van der Waals surface area contributed by atoms with E-state index in [1.807, 2.05) is 0 Å². The summed E-state index contributed by atoms with van der Waals surface area (Å²) in [6, 6.07) is 9.71. The second kappa shape index (κ2) is 6.05. The summed E-state index contributed by atoms with van der Waals surface area (Å²) in [5, 5.41) is 9.30. The van der Waals surface area contributed by atoms with E-state index in [0.29, 0.717) is 9.50 Å². The second-order valence-corrected chi connectivity index (χ2v) is 7.03. The van der Waals surface area contributed by atoms with Crippen LogP contribution in [0.4, 0.5) is 5.69 Å². The Bertz CT molecular complexity index is 790. The van der Waals surface area contributed by atoms with Crippen molar-refractivity contribution in [2.24, 2.45) is 0 Å². The molecule has 0 atom stereocenters. The average Bonchev–Trinajstić information content (AvgIpc) is 2.41. The van der Waals surface area contributed by atoms with Gasteiger partial charge in [0.15, 0.2) is 0 Å². The predicted octanol–water partition coefficient (Wildman–Crippen LogP) is 3.60. The van der Waals surface area contributed by atoms with E-state index < -0.39 is 16.0 Å². The number of carboxylic acids is 1.